The number of nitrogens with zero attached hydrogens (tertiary/aromatic N) is 1. The van der Waals surface area contributed by atoms with Gasteiger partial charge in [0.2, 0.25) is 0 Å². The van der Waals surface area contributed by atoms with Crippen molar-refractivity contribution in [3.63, 3.8) is 0 Å². The molecule has 1 heterocycles. The Morgan fingerprint density at radius 2 is 1.65 bits per heavy atom. The van der Waals surface area contributed by atoms with Gasteiger partial charge in [0.15, 0.2) is 5.43 Å². The third-order valence-electron chi connectivity index (χ3n) is 10.7. The molecule has 49 heavy (non-hydrogen) atoms. The zero-order chi connectivity index (χ0) is 34.7. The topological polar surface area (TPSA) is 127 Å². The first-order chi connectivity index (χ1) is 23.4. The van der Waals surface area contributed by atoms with Crippen LogP contribution in [0.15, 0.2) is 77.6 Å². The summed E-state index contributed by atoms with van der Waals surface area (Å²) >= 11 is 6.35. The van der Waals surface area contributed by atoms with E-state index in [1.807, 2.05) is 42.5 Å². The summed E-state index contributed by atoms with van der Waals surface area (Å²) in [5.74, 6) is -0.152. The van der Waals surface area contributed by atoms with Gasteiger partial charge in [-0.05, 0) is 112 Å². The van der Waals surface area contributed by atoms with Crippen molar-refractivity contribution in [2.75, 3.05) is 7.11 Å². The number of rotatable bonds is 8. The molecule has 4 bridgehead atoms. The number of nitrogens with one attached hydrogen (secondary N) is 2. The molecular formula is C39H40ClN3O6. The number of esters is 1. The number of benzene rings is 3. The van der Waals surface area contributed by atoms with Gasteiger partial charge in [0.25, 0.3) is 11.8 Å². The lowest BCUT2D eigenvalue weighted by molar-refractivity contribution is -0.143. The van der Waals surface area contributed by atoms with E-state index in [0.29, 0.717) is 33.1 Å². The quantitative estimate of drug-likeness (QED) is 0.208. The Hall–Kier alpha value is -4.47. The summed E-state index contributed by atoms with van der Waals surface area (Å²) in [7, 11) is 1.29. The van der Waals surface area contributed by atoms with Crippen molar-refractivity contribution in [3.05, 3.63) is 110 Å². The number of hydrogen-bond acceptors (Lipinski definition) is 6. The van der Waals surface area contributed by atoms with E-state index in [1.165, 1.54) is 21.0 Å². The Morgan fingerprint density at radius 1 is 0.980 bits per heavy atom. The number of amides is 2. The fraction of sp³-hybridized carbons (Fsp3) is 0.385. The lowest BCUT2D eigenvalue weighted by atomic mass is 9.51. The van der Waals surface area contributed by atoms with Gasteiger partial charge in [-0.15, -0.1) is 0 Å². The molecule has 0 radical (unpaired) electrons. The van der Waals surface area contributed by atoms with Crippen LogP contribution >= 0.6 is 11.6 Å². The maximum absolute atomic E-state index is 14.0. The molecular weight excluding hydrogens is 642 g/mol. The summed E-state index contributed by atoms with van der Waals surface area (Å²) in [6, 6.07) is 21.4. The van der Waals surface area contributed by atoms with Gasteiger partial charge in [-0.25, -0.2) is 4.79 Å². The fourth-order valence-electron chi connectivity index (χ4n) is 8.75. The first-order valence-electron chi connectivity index (χ1n) is 16.8. The van der Waals surface area contributed by atoms with Crippen LogP contribution < -0.4 is 16.1 Å². The smallest absolute Gasteiger partial charge is 0.355 e. The molecule has 0 aliphatic heterocycles. The maximum atomic E-state index is 14.0. The molecule has 0 saturated heterocycles. The van der Waals surface area contributed by atoms with Crippen LogP contribution in [0.1, 0.15) is 77.9 Å². The van der Waals surface area contributed by atoms with E-state index in [9.17, 15) is 24.3 Å². The highest BCUT2D eigenvalue weighted by Crippen LogP contribution is 2.56. The van der Waals surface area contributed by atoms with E-state index in [-0.39, 0.29) is 58.3 Å². The number of ether oxygens (including phenoxy) is 1. The van der Waals surface area contributed by atoms with Crippen LogP contribution in [0.2, 0.25) is 5.02 Å². The number of pyridine rings is 1. The van der Waals surface area contributed by atoms with Crippen LogP contribution in [0.5, 0.6) is 0 Å². The Balaban J connectivity index is 1.14. The zero-order valence-electron chi connectivity index (χ0n) is 27.8. The van der Waals surface area contributed by atoms with Crippen molar-refractivity contribution in [3.8, 4) is 5.69 Å². The van der Waals surface area contributed by atoms with Gasteiger partial charge < -0.3 is 25.0 Å². The lowest BCUT2D eigenvalue weighted by Crippen LogP contribution is -2.68. The first kappa shape index (κ1) is 33.0. The monoisotopic (exact) mass is 681 g/mol. The van der Waals surface area contributed by atoms with E-state index in [1.54, 1.807) is 34.9 Å². The third-order valence-corrected chi connectivity index (χ3v) is 11.0. The summed E-state index contributed by atoms with van der Waals surface area (Å²) in [5, 5.41) is 17.6. The number of methoxy groups -OCH3 is 1. The molecule has 4 saturated carbocycles. The van der Waals surface area contributed by atoms with Gasteiger partial charge in [0, 0.05) is 45.2 Å². The van der Waals surface area contributed by atoms with E-state index in [0.717, 1.165) is 37.7 Å². The average molecular weight is 682 g/mol. The normalized spacial score (nSPS) is 24.1. The number of halogens is 1. The van der Waals surface area contributed by atoms with Gasteiger partial charge in [0.1, 0.15) is 11.3 Å². The number of fused-ring (bicyclic) bond motifs is 1. The zero-order valence-corrected chi connectivity index (χ0v) is 28.5. The third kappa shape index (κ3) is 6.15. The minimum atomic E-state index is -1.44. The summed E-state index contributed by atoms with van der Waals surface area (Å²) in [6.07, 6.45) is 4.66. The van der Waals surface area contributed by atoms with Crippen LogP contribution in [0, 0.1) is 17.8 Å². The number of hydrogen-bond donors (Lipinski definition) is 3. The molecule has 254 valence electrons. The summed E-state index contributed by atoms with van der Waals surface area (Å²) < 4.78 is 6.92. The Morgan fingerprint density at radius 3 is 2.29 bits per heavy atom. The predicted octanol–water partition coefficient (Wildman–Crippen LogP) is 5.59. The SMILES string of the molecule is COC(=O)c1c(Cc2ccc(C(=O)N[C@H]3[C@@H]4C[C@H]5C[C@H]3C[C@](NC(=O)C(C)(C)O)(C5)C4)cc2)c(=O)c2ccc(Cl)cc2n1-c1ccccc1. The highest BCUT2D eigenvalue weighted by molar-refractivity contribution is 6.31. The van der Waals surface area contributed by atoms with E-state index in [4.69, 9.17) is 16.3 Å². The number of para-hydroxylation sites is 1. The molecule has 0 spiro atoms. The van der Waals surface area contributed by atoms with E-state index >= 15 is 0 Å². The molecule has 0 unspecified atom stereocenters. The number of carbonyl (C=O) groups is 3. The number of carbonyl (C=O) groups excluding carboxylic acids is 3. The van der Waals surface area contributed by atoms with Crippen LogP contribution in [-0.4, -0.2) is 51.7 Å². The highest BCUT2D eigenvalue weighted by atomic mass is 35.5. The van der Waals surface area contributed by atoms with E-state index in [2.05, 4.69) is 10.6 Å². The molecule has 4 aromatic rings. The first-order valence-corrected chi connectivity index (χ1v) is 17.2. The van der Waals surface area contributed by atoms with Gasteiger partial charge in [-0.3, -0.25) is 14.4 Å². The average Bonchev–Trinajstić information content (AvgIpc) is 3.06. The van der Waals surface area contributed by atoms with Crippen LogP contribution in [0.3, 0.4) is 0 Å². The van der Waals surface area contributed by atoms with Crippen molar-refractivity contribution < 1.29 is 24.2 Å². The van der Waals surface area contributed by atoms with Crippen LogP contribution in [0.4, 0.5) is 0 Å². The second-order valence-electron chi connectivity index (χ2n) is 14.6. The van der Waals surface area contributed by atoms with Crippen molar-refractivity contribution in [1.82, 2.24) is 15.2 Å². The molecule has 5 atom stereocenters. The predicted molar refractivity (Wildman–Crippen MR) is 187 cm³/mol. The van der Waals surface area contributed by atoms with Gasteiger partial charge in [0.05, 0.1) is 12.6 Å². The minimum Gasteiger partial charge on any atom is -0.464 e. The van der Waals surface area contributed by atoms with Crippen molar-refractivity contribution in [2.24, 2.45) is 17.8 Å². The molecule has 4 aliphatic carbocycles. The summed E-state index contributed by atoms with van der Waals surface area (Å²) in [4.78, 5) is 53.6. The fourth-order valence-corrected chi connectivity index (χ4v) is 8.91. The van der Waals surface area contributed by atoms with Crippen molar-refractivity contribution in [1.29, 1.82) is 0 Å². The van der Waals surface area contributed by atoms with Gasteiger partial charge >= 0.3 is 5.97 Å². The number of aliphatic hydroxyl groups is 1. The van der Waals surface area contributed by atoms with E-state index < -0.39 is 11.6 Å². The molecule has 8 rings (SSSR count). The molecule has 2 amide bonds. The summed E-state index contributed by atoms with van der Waals surface area (Å²) in [5.41, 5.74) is 0.777. The molecule has 9 nitrogen and oxygen atoms in total. The Labute approximate surface area is 289 Å². The molecule has 3 N–H and O–H groups in total. The second-order valence-corrected chi connectivity index (χ2v) is 15.1. The lowest BCUT2D eigenvalue weighted by Gasteiger charge is -2.60. The van der Waals surface area contributed by atoms with Crippen LogP contribution in [0.25, 0.3) is 16.6 Å². The highest BCUT2D eigenvalue weighted by Gasteiger charge is 2.56. The molecule has 4 fully saturated rings. The Kier molecular flexibility index (Phi) is 8.40. The minimum absolute atomic E-state index is 0.0149. The second kappa shape index (κ2) is 12.4. The molecule has 10 heteroatoms. The largest absolute Gasteiger partial charge is 0.464 e. The van der Waals surface area contributed by atoms with Gasteiger partial charge in [-0.1, -0.05) is 41.9 Å². The molecule has 1 aromatic heterocycles. The maximum Gasteiger partial charge on any atom is 0.355 e. The van der Waals surface area contributed by atoms with Crippen LogP contribution in [-0.2, 0) is 16.0 Å². The molecule has 3 aromatic carbocycles. The van der Waals surface area contributed by atoms with Crippen molar-refractivity contribution >= 4 is 40.3 Å². The Bertz CT molecular complexity index is 2000. The molecule has 4 aliphatic rings. The van der Waals surface area contributed by atoms with Gasteiger partial charge in [-0.2, -0.15) is 0 Å². The van der Waals surface area contributed by atoms with Crippen molar-refractivity contribution in [2.45, 2.75) is 69.6 Å². The number of aromatic nitrogens is 1. The standard InChI is InChI=1S/C39H40ClN3O6/c1-38(2,48)37(47)42-39-19-23-15-25(20-39)32(26(16-23)21-39)41-35(45)24-11-9-22(10-12-24)17-30-33(36(46)49-3)43(28-7-5-4-6-8-28)31-18-27(40)13-14-29(31)34(30)44/h4-14,18,23,25-26,32,48H,15-17,19-21H2,1-3H3,(H,41,45)(H,42,47)/t23-,25+,26-,32-,39-. The summed E-state index contributed by atoms with van der Waals surface area (Å²) in [6.45, 7) is 3.02.